The second kappa shape index (κ2) is 7.56. The van der Waals surface area contributed by atoms with Crippen molar-refractivity contribution in [2.45, 2.75) is 24.6 Å². The molecule has 2 heteroatoms. The SMILES string of the molecule is C[C@H](NC1(c2ccccc2)c2ccccc2-c2ccccc21)[C@@H](O)c1ccccc1. The number of aliphatic hydroxyl groups is 1. The van der Waals surface area contributed by atoms with Crippen LogP contribution >= 0.6 is 0 Å². The van der Waals surface area contributed by atoms with Gasteiger partial charge in [0.2, 0.25) is 0 Å². The Balaban J connectivity index is 1.69. The molecule has 0 fully saturated rings. The standard InChI is InChI=1S/C28H25NO/c1-20(27(30)21-12-4-2-5-13-21)29-28(22-14-6-3-7-15-22)25-18-10-8-16-23(25)24-17-9-11-19-26(24)28/h2-20,27,29-30H,1H3/t20-,27+/m0/s1. The Hall–Kier alpha value is -3.20. The monoisotopic (exact) mass is 391 g/mol. The fourth-order valence-electron chi connectivity index (χ4n) is 4.83. The third-order valence-corrected chi connectivity index (χ3v) is 6.22. The minimum atomic E-state index is -0.619. The van der Waals surface area contributed by atoms with E-state index in [0.717, 1.165) is 5.56 Å². The van der Waals surface area contributed by atoms with Crippen LogP contribution in [0.25, 0.3) is 11.1 Å². The molecule has 0 spiro atoms. The molecule has 0 heterocycles. The van der Waals surface area contributed by atoms with E-state index in [1.807, 2.05) is 36.4 Å². The number of rotatable bonds is 5. The van der Waals surface area contributed by atoms with Gasteiger partial charge in [-0.3, -0.25) is 5.32 Å². The summed E-state index contributed by atoms with van der Waals surface area (Å²) in [4.78, 5) is 0. The van der Waals surface area contributed by atoms with E-state index in [-0.39, 0.29) is 6.04 Å². The fourth-order valence-corrected chi connectivity index (χ4v) is 4.83. The second-order valence-corrected chi connectivity index (χ2v) is 8.00. The van der Waals surface area contributed by atoms with Gasteiger partial charge < -0.3 is 5.11 Å². The van der Waals surface area contributed by atoms with Crippen molar-refractivity contribution in [2.75, 3.05) is 0 Å². The molecule has 0 radical (unpaired) electrons. The van der Waals surface area contributed by atoms with Gasteiger partial charge >= 0.3 is 0 Å². The van der Waals surface area contributed by atoms with Crippen molar-refractivity contribution >= 4 is 0 Å². The molecule has 4 aromatic rings. The van der Waals surface area contributed by atoms with E-state index in [1.54, 1.807) is 0 Å². The molecule has 1 aliphatic carbocycles. The molecule has 0 saturated heterocycles. The summed E-state index contributed by atoms with van der Waals surface area (Å²) in [6.07, 6.45) is -0.619. The first-order chi connectivity index (χ1) is 14.7. The minimum absolute atomic E-state index is 0.174. The number of aliphatic hydroxyl groups excluding tert-OH is 1. The highest BCUT2D eigenvalue weighted by Crippen LogP contribution is 2.51. The lowest BCUT2D eigenvalue weighted by atomic mass is 9.79. The number of hydrogen-bond acceptors (Lipinski definition) is 2. The van der Waals surface area contributed by atoms with Gasteiger partial charge in [0, 0.05) is 6.04 Å². The van der Waals surface area contributed by atoms with Crippen LogP contribution in [0.2, 0.25) is 0 Å². The highest BCUT2D eigenvalue weighted by molar-refractivity contribution is 5.83. The van der Waals surface area contributed by atoms with Gasteiger partial charge in [0.15, 0.2) is 0 Å². The van der Waals surface area contributed by atoms with Gasteiger partial charge in [0.25, 0.3) is 0 Å². The van der Waals surface area contributed by atoms with Crippen molar-refractivity contribution in [3.8, 4) is 11.1 Å². The molecule has 4 aromatic carbocycles. The maximum Gasteiger partial charge on any atom is 0.0963 e. The molecular formula is C28H25NO. The van der Waals surface area contributed by atoms with E-state index in [4.69, 9.17) is 0 Å². The molecule has 30 heavy (non-hydrogen) atoms. The summed E-state index contributed by atoms with van der Waals surface area (Å²) in [6, 6.07) is 37.5. The molecular weight excluding hydrogens is 366 g/mol. The zero-order valence-electron chi connectivity index (χ0n) is 17.0. The maximum absolute atomic E-state index is 11.1. The highest BCUT2D eigenvalue weighted by Gasteiger charge is 2.45. The van der Waals surface area contributed by atoms with Crippen LogP contribution in [-0.4, -0.2) is 11.1 Å². The number of fused-ring (bicyclic) bond motifs is 3. The fraction of sp³-hybridized carbons (Fsp3) is 0.143. The summed E-state index contributed by atoms with van der Waals surface area (Å²) in [5.41, 5.74) is 6.50. The van der Waals surface area contributed by atoms with E-state index >= 15 is 0 Å². The van der Waals surface area contributed by atoms with Crippen molar-refractivity contribution < 1.29 is 5.11 Å². The van der Waals surface area contributed by atoms with Crippen LogP contribution in [0.4, 0.5) is 0 Å². The molecule has 0 amide bonds. The van der Waals surface area contributed by atoms with Crippen LogP contribution in [0.5, 0.6) is 0 Å². The molecule has 0 bridgehead atoms. The third kappa shape index (κ3) is 2.88. The zero-order chi connectivity index (χ0) is 20.6. The van der Waals surface area contributed by atoms with Crippen LogP contribution in [0.15, 0.2) is 109 Å². The molecule has 2 N–H and O–H groups in total. The molecule has 148 valence electrons. The number of nitrogens with one attached hydrogen (secondary N) is 1. The summed E-state index contributed by atoms with van der Waals surface area (Å²) >= 11 is 0. The molecule has 1 aliphatic rings. The number of benzene rings is 4. The van der Waals surface area contributed by atoms with E-state index in [0.29, 0.717) is 0 Å². The predicted molar refractivity (Wildman–Crippen MR) is 122 cm³/mol. The van der Waals surface area contributed by atoms with Gasteiger partial charge in [-0.05, 0) is 40.3 Å². The highest BCUT2D eigenvalue weighted by atomic mass is 16.3. The van der Waals surface area contributed by atoms with E-state index in [2.05, 4.69) is 85.0 Å². The average Bonchev–Trinajstić information content (AvgIpc) is 3.11. The van der Waals surface area contributed by atoms with E-state index < -0.39 is 11.6 Å². The lowest BCUT2D eigenvalue weighted by Crippen LogP contribution is -2.49. The van der Waals surface area contributed by atoms with Crippen LogP contribution in [-0.2, 0) is 5.54 Å². The van der Waals surface area contributed by atoms with Crippen molar-refractivity contribution in [1.29, 1.82) is 0 Å². The van der Waals surface area contributed by atoms with Crippen molar-refractivity contribution in [1.82, 2.24) is 5.32 Å². The molecule has 0 aliphatic heterocycles. The van der Waals surface area contributed by atoms with Gasteiger partial charge in [-0.15, -0.1) is 0 Å². The Labute approximate surface area is 177 Å². The molecule has 5 rings (SSSR count). The summed E-state index contributed by atoms with van der Waals surface area (Å²) in [5.74, 6) is 0. The quantitative estimate of drug-likeness (QED) is 0.459. The Morgan fingerprint density at radius 2 is 1.10 bits per heavy atom. The van der Waals surface area contributed by atoms with Crippen molar-refractivity contribution in [3.63, 3.8) is 0 Å². The summed E-state index contributed by atoms with van der Waals surface area (Å²) in [6.45, 7) is 2.06. The zero-order valence-corrected chi connectivity index (χ0v) is 17.0. The Kier molecular flexibility index (Phi) is 4.74. The Bertz CT molecular complexity index is 1110. The first-order valence-electron chi connectivity index (χ1n) is 10.5. The van der Waals surface area contributed by atoms with Gasteiger partial charge in [-0.1, -0.05) is 109 Å². The smallest absolute Gasteiger partial charge is 0.0963 e. The van der Waals surface area contributed by atoms with Gasteiger partial charge in [0.1, 0.15) is 0 Å². The van der Waals surface area contributed by atoms with Crippen LogP contribution < -0.4 is 5.32 Å². The summed E-state index contributed by atoms with van der Waals surface area (Å²) in [5, 5.41) is 15.0. The van der Waals surface area contributed by atoms with Gasteiger partial charge in [-0.25, -0.2) is 0 Å². The normalized spacial score (nSPS) is 15.8. The van der Waals surface area contributed by atoms with Gasteiger partial charge in [-0.2, -0.15) is 0 Å². The maximum atomic E-state index is 11.1. The largest absolute Gasteiger partial charge is 0.387 e. The van der Waals surface area contributed by atoms with Crippen LogP contribution in [0, 0.1) is 0 Å². The van der Waals surface area contributed by atoms with E-state index in [9.17, 15) is 5.11 Å². The lowest BCUT2D eigenvalue weighted by Gasteiger charge is -2.38. The van der Waals surface area contributed by atoms with Crippen LogP contribution in [0.3, 0.4) is 0 Å². The first kappa shape index (κ1) is 18.8. The van der Waals surface area contributed by atoms with Crippen molar-refractivity contribution in [3.05, 3.63) is 131 Å². The van der Waals surface area contributed by atoms with Gasteiger partial charge in [0.05, 0.1) is 11.6 Å². The third-order valence-electron chi connectivity index (χ3n) is 6.22. The predicted octanol–water partition coefficient (Wildman–Crippen LogP) is 5.67. The summed E-state index contributed by atoms with van der Waals surface area (Å²) in [7, 11) is 0. The Morgan fingerprint density at radius 3 is 1.67 bits per heavy atom. The first-order valence-corrected chi connectivity index (χ1v) is 10.5. The average molecular weight is 392 g/mol. The molecule has 0 saturated carbocycles. The van der Waals surface area contributed by atoms with Crippen molar-refractivity contribution in [2.24, 2.45) is 0 Å². The Morgan fingerprint density at radius 1 is 0.633 bits per heavy atom. The molecule has 0 unspecified atom stereocenters. The topological polar surface area (TPSA) is 32.3 Å². The lowest BCUT2D eigenvalue weighted by molar-refractivity contribution is 0.125. The number of hydrogen-bond donors (Lipinski definition) is 2. The van der Waals surface area contributed by atoms with E-state index in [1.165, 1.54) is 27.8 Å². The minimum Gasteiger partial charge on any atom is -0.387 e. The molecule has 2 atom stereocenters. The van der Waals surface area contributed by atoms with Crippen LogP contribution in [0.1, 0.15) is 35.3 Å². The second-order valence-electron chi connectivity index (χ2n) is 8.00. The summed E-state index contributed by atoms with van der Waals surface area (Å²) < 4.78 is 0. The molecule has 2 nitrogen and oxygen atoms in total. The molecule has 0 aromatic heterocycles.